The molecule has 0 aromatic carbocycles. The first-order valence-electron chi connectivity index (χ1n) is 7.87. The lowest BCUT2D eigenvalue weighted by Crippen LogP contribution is -2.44. The molecule has 2 aliphatic rings. The van der Waals surface area contributed by atoms with Crippen LogP contribution in [0.3, 0.4) is 0 Å². The van der Waals surface area contributed by atoms with E-state index in [1.165, 1.54) is 5.32 Å². The average Bonchev–Trinajstić information content (AvgIpc) is 3.09. The monoisotopic (exact) mass is 405 g/mol. The molecule has 4 atom stereocenters. The molecule has 1 aromatic rings. The summed E-state index contributed by atoms with van der Waals surface area (Å²) in [7, 11) is 0. The third-order valence-electron chi connectivity index (χ3n) is 4.33. The molecule has 1 unspecified atom stereocenters. The van der Waals surface area contributed by atoms with Crippen LogP contribution in [0.5, 0.6) is 0 Å². The van der Waals surface area contributed by atoms with Gasteiger partial charge in [-0.1, -0.05) is 11.8 Å². The van der Waals surface area contributed by atoms with Gasteiger partial charge in [0.05, 0.1) is 19.8 Å². The van der Waals surface area contributed by atoms with Crippen molar-refractivity contribution in [3.8, 4) is 11.8 Å². The summed E-state index contributed by atoms with van der Waals surface area (Å²) in [5.74, 6) is 2.23. The highest BCUT2D eigenvalue weighted by Gasteiger charge is 2.61. The van der Waals surface area contributed by atoms with Crippen molar-refractivity contribution < 1.29 is 37.7 Å². The molecule has 0 spiro atoms. The number of hydrogen-bond acceptors (Lipinski definition) is 7. The Hall–Kier alpha value is -2.66. The lowest BCUT2D eigenvalue weighted by molar-refractivity contribution is -0.187. The van der Waals surface area contributed by atoms with Gasteiger partial charge >= 0.3 is 17.8 Å². The summed E-state index contributed by atoms with van der Waals surface area (Å²) in [6.07, 6.45) is -7.43. The van der Waals surface area contributed by atoms with Gasteiger partial charge < -0.3 is 25.0 Å². The number of carbonyl (C=O) groups excluding carboxylic acids is 1. The van der Waals surface area contributed by atoms with Crippen LogP contribution in [-0.2, 0) is 14.3 Å². The van der Waals surface area contributed by atoms with Gasteiger partial charge in [0.15, 0.2) is 6.23 Å². The van der Waals surface area contributed by atoms with E-state index in [4.69, 9.17) is 9.47 Å². The lowest BCUT2D eigenvalue weighted by Gasteiger charge is -2.29. The van der Waals surface area contributed by atoms with Gasteiger partial charge in [-0.3, -0.25) is 19.1 Å². The molecule has 0 aliphatic carbocycles. The molecule has 152 valence electrons. The number of H-pyrrole nitrogens is 1. The summed E-state index contributed by atoms with van der Waals surface area (Å²) < 4.78 is 48.0. The summed E-state index contributed by atoms with van der Waals surface area (Å²) >= 11 is 0. The van der Waals surface area contributed by atoms with E-state index in [0.29, 0.717) is 0 Å². The molecule has 2 aliphatic heterocycles. The van der Waals surface area contributed by atoms with E-state index in [9.17, 15) is 37.8 Å². The SMILES string of the molecule is O=C(NCC#Cc1cn([C@@H]2O[C@@]3(CO)CO[C@H]2C3O)c(=O)[nH]c1=O)C(F)(F)F. The highest BCUT2D eigenvalue weighted by atomic mass is 19.4. The van der Waals surface area contributed by atoms with Crippen LogP contribution in [0.15, 0.2) is 15.8 Å². The number of fused-ring (bicyclic) bond motifs is 2. The number of aliphatic hydroxyl groups is 2. The van der Waals surface area contributed by atoms with E-state index in [1.807, 2.05) is 4.98 Å². The normalized spacial score (nSPS) is 28.7. The molecule has 3 heterocycles. The van der Waals surface area contributed by atoms with Crippen LogP contribution in [-0.4, -0.2) is 69.4 Å². The first-order chi connectivity index (χ1) is 13.1. The average molecular weight is 405 g/mol. The minimum atomic E-state index is -5.06. The number of alkyl halides is 3. The van der Waals surface area contributed by atoms with Crippen LogP contribution < -0.4 is 16.6 Å². The Labute approximate surface area is 153 Å². The summed E-state index contributed by atoms with van der Waals surface area (Å²) in [6.45, 7) is -1.34. The van der Waals surface area contributed by atoms with Gasteiger partial charge in [-0.2, -0.15) is 13.2 Å². The number of amides is 1. The van der Waals surface area contributed by atoms with Gasteiger partial charge in [0.25, 0.3) is 5.56 Å². The second-order valence-corrected chi connectivity index (χ2v) is 6.14. The zero-order valence-electron chi connectivity index (χ0n) is 13.9. The number of carbonyl (C=O) groups is 1. The summed E-state index contributed by atoms with van der Waals surface area (Å²) in [5.41, 5.74) is -3.50. The van der Waals surface area contributed by atoms with E-state index in [1.54, 1.807) is 0 Å². The van der Waals surface area contributed by atoms with Crippen molar-refractivity contribution in [3.05, 3.63) is 32.6 Å². The van der Waals surface area contributed by atoms with Gasteiger partial charge in [-0.15, -0.1) is 0 Å². The Morgan fingerprint density at radius 2 is 2.18 bits per heavy atom. The first kappa shape index (κ1) is 20.1. The third-order valence-corrected chi connectivity index (χ3v) is 4.33. The number of aromatic nitrogens is 2. The molecule has 0 radical (unpaired) electrons. The minimum Gasteiger partial charge on any atom is -0.393 e. The predicted octanol–water partition coefficient (Wildman–Crippen LogP) is -2.41. The summed E-state index contributed by atoms with van der Waals surface area (Å²) in [5, 5.41) is 21.1. The minimum absolute atomic E-state index is 0.0878. The zero-order chi connectivity index (χ0) is 20.7. The number of nitrogens with zero attached hydrogens (tertiary/aromatic N) is 1. The highest BCUT2D eigenvalue weighted by molar-refractivity contribution is 5.81. The van der Waals surface area contributed by atoms with Crippen LogP contribution in [0, 0.1) is 11.8 Å². The maximum absolute atomic E-state index is 12.1. The smallest absolute Gasteiger partial charge is 0.393 e. The fourth-order valence-corrected chi connectivity index (χ4v) is 2.88. The molecule has 1 amide bonds. The number of rotatable bonds is 3. The molecule has 0 saturated carbocycles. The molecular weight excluding hydrogens is 391 g/mol. The number of ether oxygens (including phenoxy) is 2. The highest BCUT2D eigenvalue weighted by Crippen LogP contribution is 2.44. The van der Waals surface area contributed by atoms with E-state index in [0.717, 1.165) is 10.8 Å². The Kier molecular flexibility index (Phi) is 5.06. The van der Waals surface area contributed by atoms with Crippen molar-refractivity contribution in [1.82, 2.24) is 14.9 Å². The maximum atomic E-state index is 12.1. The van der Waals surface area contributed by atoms with Gasteiger partial charge in [-0.05, 0) is 0 Å². The Morgan fingerprint density at radius 1 is 1.46 bits per heavy atom. The second kappa shape index (κ2) is 7.06. The standard InChI is InChI=1S/C15H14F3N3O7/c16-15(17,18)12(25)19-3-1-2-7-4-21(13(26)20-10(7)24)11-8-9(23)14(5-22,28-11)6-27-8/h4,8-9,11,22-23H,3,5-6H2,(H,19,25)(H,20,24,26)/t8-,9?,11+,14-/m0/s1. The first-order valence-corrected chi connectivity index (χ1v) is 7.87. The van der Waals surface area contributed by atoms with Crippen LogP contribution in [0.2, 0.25) is 0 Å². The Bertz CT molecular complexity index is 961. The van der Waals surface area contributed by atoms with Crippen molar-refractivity contribution >= 4 is 5.91 Å². The van der Waals surface area contributed by atoms with Crippen LogP contribution >= 0.6 is 0 Å². The molecular formula is C15H14F3N3O7. The number of aromatic amines is 1. The third kappa shape index (κ3) is 3.42. The zero-order valence-corrected chi connectivity index (χ0v) is 13.9. The summed E-state index contributed by atoms with van der Waals surface area (Å²) in [4.78, 5) is 36.6. The number of nitrogens with one attached hydrogen (secondary N) is 2. The Balaban J connectivity index is 1.82. The van der Waals surface area contributed by atoms with Gasteiger partial charge in [0.2, 0.25) is 0 Å². The van der Waals surface area contributed by atoms with Crippen LogP contribution in [0.4, 0.5) is 13.2 Å². The molecule has 2 fully saturated rings. The molecule has 3 rings (SSSR count). The second-order valence-electron chi connectivity index (χ2n) is 6.14. The van der Waals surface area contributed by atoms with E-state index < -0.39 is 60.5 Å². The molecule has 13 heteroatoms. The van der Waals surface area contributed by atoms with Crippen molar-refractivity contribution in [2.24, 2.45) is 0 Å². The fourth-order valence-electron chi connectivity index (χ4n) is 2.88. The molecule has 2 saturated heterocycles. The Morgan fingerprint density at radius 3 is 2.79 bits per heavy atom. The van der Waals surface area contributed by atoms with Gasteiger partial charge in [-0.25, -0.2) is 4.79 Å². The van der Waals surface area contributed by atoms with Crippen molar-refractivity contribution in [1.29, 1.82) is 0 Å². The summed E-state index contributed by atoms with van der Waals surface area (Å²) in [6, 6.07) is 0. The molecule has 1 aromatic heterocycles. The number of aliphatic hydroxyl groups excluding tert-OH is 2. The van der Waals surface area contributed by atoms with Crippen molar-refractivity contribution in [3.63, 3.8) is 0 Å². The van der Waals surface area contributed by atoms with E-state index in [2.05, 4.69) is 11.8 Å². The molecule has 2 bridgehead atoms. The van der Waals surface area contributed by atoms with Gasteiger partial charge in [0, 0.05) is 6.20 Å². The van der Waals surface area contributed by atoms with Crippen LogP contribution in [0.25, 0.3) is 0 Å². The van der Waals surface area contributed by atoms with Crippen molar-refractivity contribution in [2.75, 3.05) is 19.8 Å². The van der Waals surface area contributed by atoms with E-state index in [-0.39, 0.29) is 12.2 Å². The predicted molar refractivity (Wildman–Crippen MR) is 83.0 cm³/mol. The topological polar surface area (TPSA) is 143 Å². The number of hydrogen-bond donors (Lipinski definition) is 4. The van der Waals surface area contributed by atoms with Crippen LogP contribution in [0.1, 0.15) is 11.8 Å². The fraction of sp³-hybridized carbons (Fsp3) is 0.533. The largest absolute Gasteiger partial charge is 0.471 e. The lowest BCUT2D eigenvalue weighted by atomic mass is 10.0. The van der Waals surface area contributed by atoms with Crippen molar-refractivity contribution in [2.45, 2.75) is 30.2 Å². The molecule has 10 nitrogen and oxygen atoms in total. The van der Waals surface area contributed by atoms with Gasteiger partial charge in [0.1, 0.15) is 23.4 Å². The molecule has 4 N–H and O–H groups in total. The van der Waals surface area contributed by atoms with E-state index >= 15 is 0 Å². The number of halogens is 3. The maximum Gasteiger partial charge on any atom is 0.471 e. The molecule has 28 heavy (non-hydrogen) atoms. The quantitative estimate of drug-likeness (QED) is 0.410.